The van der Waals surface area contributed by atoms with Crippen LogP contribution < -0.4 is 9.47 Å². The molecule has 34 heavy (non-hydrogen) atoms. The average Bonchev–Trinajstić information content (AvgIpc) is 3.69. The van der Waals surface area contributed by atoms with E-state index < -0.39 is 17.2 Å². The van der Waals surface area contributed by atoms with E-state index in [0.717, 1.165) is 18.4 Å². The third-order valence-corrected chi connectivity index (χ3v) is 7.59. The lowest BCUT2D eigenvalue weighted by molar-refractivity contribution is -0.138. The first-order chi connectivity index (χ1) is 16.3. The summed E-state index contributed by atoms with van der Waals surface area (Å²) in [7, 11) is 1.57. The summed E-state index contributed by atoms with van der Waals surface area (Å²) >= 11 is 0. The molecule has 6 nitrogen and oxygen atoms in total. The fourth-order valence-corrected chi connectivity index (χ4v) is 5.59. The normalized spacial score (nSPS) is 27.9. The van der Waals surface area contributed by atoms with Gasteiger partial charge in [0.15, 0.2) is 5.65 Å². The molecular formula is C25H23F3N4O2. The van der Waals surface area contributed by atoms with Crippen LogP contribution in [0.3, 0.4) is 0 Å². The first-order valence-corrected chi connectivity index (χ1v) is 11.4. The zero-order chi connectivity index (χ0) is 23.7. The summed E-state index contributed by atoms with van der Waals surface area (Å²) in [6.45, 7) is 0. The lowest BCUT2D eigenvalue weighted by Crippen LogP contribution is -2.44. The molecule has 1 atom stereocenters. The predicted molar refractivity (Wildman–Crippen MR) is 115 cm³/mol. The number of fused-ring (bicyclic) bond motifs is 1. The monoisotopic (exact) mass is 468 g/mol. The summed E-state index contributed by atoms with van der Waals surface area (Å²) in [5, 5.41) is 17.9. The number of alkyl halides is 3. The zero-order valence-electron chi connectivity index (χ0n) is 18.6. The van der Waals surface area contributed by atoms with Gasteiger partial charge in [0.05, 0.1) is 18.6 Å². The van der Waals surface area contributed by atoms with Gasteiger partial charge in [-0.1, -0.05) is 18.2 Å². The number of hydrogen-bond donors (Lipinski definition) is 0. The van der Waals surface area contributed by atoms with Crippen LogP contribution in [-0.2, 0) is 18.0 Å². The van der Waals surface area contributed by atoms with Crippen molar-refractivity contribution in [1.29, 1.82) is 5.26 Å². The van der Waals surface area contributed by atoms with E-state index in [1.807, 2.05) is 24.3 Å². The summed E-state index contributed by atoms with van der Waals surface area (Å²) in [6, 6.07) is 11.2. The minimum Gasteiger partial charge on any atom is -0.496 e. The van der Waals surface area contributed by atoms with Crippen molar-refractivity contribution in [1.82, 2.24) is 14.6 Å². The molecule has 2 heterocycles. The van der Waals surface area contributed by atoms with Crippen molar-refractivity contribution < 1.29 is 22.6 Å². The predicted octanol–water partition coefficient (Wildman–Crippen LogP) is 5.10. The van der Waals surface area contributed by atoms with Gasteiger partial charge < -0.3 is 9.47 Å². The highest BCUT2D eigenvalue weighted by atomic mass is 19.4. The molecular weight excluding hydrogens is 445 g/mol. The Labute approximate surface area is 194 Å². The van der Waals surface area contributed by atoms with Crippen molar-refractivity contribution in [2.24, 2.45) is 11.3 Å². The Morgan fingerprint density at radius 2 is 1.91 bits per heavy atom. The van der Waals surface area contributed by atoms with Crippen molar-refractivity contribution >= 4 is 5.65 Å². The Kier molecular flexibility index (Phi) is 4.45. The number of rotatable bonds is 6. The summed E-state index contributed by atoms with van der Waals surface area (Å²) in [6.07, 6.45) is 1.02. The SMILES string of the molecule is COc1ccccc1C1(C#N)CC2(CC2Oc2ccn3c(CC4CC4)nnc3c2C(F)(F)F)C1. The van der Waals surface area contributed by atoms with Crippen LogP contribution in [0.1, 0.15) is 49.1 Å². The van der Waals surface area contributed by atoms with Crippen LogP contribution in [0.5, 0.6) is 11.5 Å². The van der Waals surface area contributed by atoms with Crippen molar-refractivity contribution in [3.05, 3.63) is 53.5 Å². The molecule has 0 N–H and O–H groups in total. The van der Waals surface area contributed by atoms with Gasteiger partial charge in [0.2, 0.25) is 0 Å². The zero-order valence-corrected chi connectivity index (χ0v) is 18.6. The maximum atomic E-state index is 14.1. The third kappa shape index (κ3) is 3.23. The van der Waals surface area contributed by atoms with E-state index >= 15 is 0 Å². The fourth-order valence-electron chi connectivity index (χ4n) is 5.59. The summed E-state index contributed by atoms with van der Waals surface area (Å²) < 4.78 is 55.1. The van der Waals surface area contributed by atoms with E-state index in [1.165, 1.54) is 10.5 Å². The molecule has 0 saturated heterocycles. The van der Waals surface area contributed by atoms with Crippen LogP contribution in [0, 0.1) is 22.7 Å². The van der Waals surface area contributed by atoms with Crippen LogP contribution in [0.4, 0.5) is 13.2 Å². The summed E-state index contributed by atoms with van der Waals surface area (Å²) in [4.78, 5) is 0. The summed E-state index contributed by atoms with van der Waals surface area (Å²) in [5.41, 5.74) is -1.30. The molecule has 0 amide bonds. The number of nitriles is 1. The molecule has 0 radical (unpaired) electrons. The van der Waals surface area contributed by atoms with Gasteiger partial charge in [0.1, 0.15) is 29.0 Å². The second-order valence-corrected chi connectivity index (χ2v) is 9.93. The molecule has 1 unspecified atom stereocenters. The maximum Gasteiger partial charge on any atom is 0.423 e. The maximum absolute atomic E-state index is 14.1. The van der Waals surface area contributed by atoms with Crippen LogP contribution >= 0.6 is 0 Å². The number of para-hydroxylation sites is 1. The molecule has 3 aliphatic carbocycles. The quantitative estimate of drug-likeness (QED) is 0.503. The van der Waals surface area contributed by atoms with Crippen LogP contribution in [0.2, 0.25) is 0 Å². The Hall–Kier alpha value is -3.28. The minimum atomic E-state index is -4.63. The molecule has 3 aliphatic rings. The molecule has 1 aromatic carbocycles. The first-order valence-electron chi connectivity index (χ1n) is 11.4. The Morgan fingerprint density at radius 1 is 1.15 bits per heavy atom. The van der Waals surface area contributed by atoms with E-state index in [4.69, 9.17) is 9.47 Å². The standard InChI is InChI=1S/C25H23F3N4O2/c1-33-17-5-3-2-4-16(17)24(14-29)12-23(13-24)11-19(23)34-18-8-9-32-20(10-15-6-7-15)30-31-22(32)21(18)25(26,27)28/h2-5,8-9,15,19H,6-7,10-13H2,1H3. The highest BCUT2D eigenvalue weighted by Crippen LogP contribution is 2.70. The highest BCUT2D eigenvalue weighted by molar-refractivity contribution is 5.57. The molecule has 6 rings (SSSR count). The second kappa shape index (κ2) is 7.11. The highest BCUT2D eigenvalue weighted by Gasteiger charge is 2.70. The molecule has 176 valence electrons. The number of hydrogen-bond acceptors (Lipinski definition) is 5. The number of benzene rings is 1. The Bertz CT molecular complexity index is 1320. The van der Waals surface area contributed by atoms with Crippen molar-refractivity contribution in [2.45, 2.75) is 56.2 Å². The van der Waals surface area contributed by atoms with Gasteiger partial charge in [-0.2, -0.15) is 18.4 Å². The average molecular weight is 468 g/mol. The molecule has 0 bridgehead atoms. The molecule has 9 heteroatoms. The molecule has 1 spiro atoms. The van der Waals surface area contributed by atoms with Gasteiger partial charge in [0, 0.05) is 23.6 Å². The molecule has 3 saturated carbocycles. The summed E-state index contributed by atoms with van der Waals surface area (Å²) in [5.74, 6) is 1.45. The molecule has 2 aromatic heterocycles. The minimum absolute atomic E-state index is 0.218. The van der Waals surface area contributed by atoms with Crippen molar-refractivity contribution in [3.63, 3.8) is 0 Å². The van der Waals surface area contributed by atoms with Crippen LogP contribution in [-0.4, -0.2) is 27.8 Å². The van der Waals surface area contributed by atoms with E-state index in [9.17, 15) is 18.4 Å². The van der Waals surface area contributed by atoms with Crippen LogP contribution in [0.15, 0.2) is 36.5 Å². The van der Waals surface area contributed by atoms with Gasteiger partial charge in [-0.15, -0.1) is 10.2 Å². The van der Waals surface area contributed by atoms with Gasteiger partial charge in [-0.25, -0.2) is 0 Å². The third-order valence-electron chi connectivity index (χ3n) is 7.59. The van der Waals surface area contributed by atoms with E-state index in [0.29, 0.717) is 43.2 Å². The Morgan fingerprint density at radius 3 is 2.59 bits per heavy atom. The van der Waals surface area contributed by atoms with Crippen LogP contribution in [0.25, 0.3) is 5.65 Å². The van der Waals surface area contributed by atoms with Gasteiger partial charge >= 0.3 is 6.18 Å². The lowest BCUT2D eigenvalue weighted by Gasteiger charge is -2.44. The van der Waals surface area contributed by atoms with E-state index in [-0.39, 0.29) is 22.9 Å². The number of methoxy groups -OCH3 is 1. The number of pyridine rings is 1. The number of nitrogens with zero attached hydrogens (tertiary/aromatic N) is 4. The van der Waals surface area contributed by atoms with E-state index in [1.54, 1.807) is 13.3 Å². The Balaban J connectivity index is 1.26. The number of halogens is 3. The molecule has 3 aromatic rings. The fraction of sp³-hybridized carbons (Fsp3) is 0.480. The number of aromatic nitrogens is 3. The second-order valence-electron chi connectivity index (χ2n) is 9.93. The molecule has 3 fully saturated rings. The first kappa shape index (κ1) is 21.3. The topological polar surface area (TPSA) is 72.4 Å². The number of ether oxygens (including phenoxy) is 2. The molecule has 0 aliphatic heterocycles. The smallest absolute Gasteiger partial charge is 0.423 e. The van der Waals surface area contributed by atoms with Gasteiger partial charge in [0.25, 0.3) is 0 Å². The van der Waals surface area contributed by atoms with Crippen molar-refractivity contribution in [2.75, 3.05) is 7.11 Å². The van der Waals surface area contributed by atoms with Gasteiger partial charge in [-0.05, 0) is 50.2 Å². The van der Waals surface area contributed by atoms with Gasteiger partial charge in [-0.3, -0.25) is 4.40 Å². The lowest BCUT2D eigenvalue weighted by atomic mass is 9.57. The van der Waals surface area contributed by atoms with E-state index in [2.05, 4.69) is 16.3 Å². The van der Waals surface area contributed by atoms with Crippen molar-refractivity contribution in [3.8, 4) is 17.6 Å². The largest absolute Gasteiger partial charge is 0.496 e.